The lowest BCUT2D eigenvalue weighted by Crippen LogP contribution is -2.40. The second kappa shape index (κ2) is 7.06. The Bertz CT molecular complexity index is 128. The van der Waals surface area contributed by atoms with E-state index >= 15 is 0 Å². The Kier molecular flexibility index (Phi) is 6.70. The highest BCUT2D eigenvalue weighted by atomic mass is 16.5. The van der Waals surface area contributed by atoms with Gasteiger partial charge in [0.25, 0.3) is 5.91 Å². The number of hydrogen-bond donors (Lipinski definition) is 1. The number of amides is 1. The fraction of sp³-hybridized carbons (Fsp3) is 0.875. The zero-order chi connectivity index (χ0) is 9.40. The molecule has 4 heteroatoms. The molecule has 0 spiro atoms. The van der Waals surface area contributed by atoms with Crippen molar-refractivity contribution in [1.82, 2.24) is 5.01 Å². The van der Waals surface area contributed by atoms with Gasteiger partial charge in [-0.25, -0.2) is 5.84 Å². The fourth-order valence-corrected chi connectivity index (χ4v) is 0.725. The monoisotopic (exact) mass is 174 g/mol. The minimum Gasteiger partial charge on any atom is -0.372 e. The average Bonchev–Trinajstić information content (AvgIpc) is 2.10. The minimum absolute atomic E-state index is 0.0940. The van der Waals surface area contributed by atoms with Gasteiger partial charge >= 0.3 is 0 Å². The molecule has 0 aliphatic carbocycles. The van der Waals surface area contributed by atoms with Crippen molar-refractivity contribution in [1.29, 1.82) is 0 Å². The van der Waals surface area contributed by atoms with Gasteiger partial charge in [-0.2, -0.15) is 0 Å². The van der Waals surface area contributed by atoms with Crippen LogP contribution in [0.25, 0.3) is 0 Å². The van der Waals surface area contributed by atoms with Gasteiger partial charge in [0, 0.05) is 13.2 Å². The van der Waals surface area contributed by atoms with E-state index in [4.69, 9.17) is 10.6 Å². The molecule has 0 unspecified atom stereocenters. The molecule has 1 amide bonds. The van der Waals surface area contributed by atoms with Crippen LogP contribution in [0.4, 0.5) is 0 Å². The molecule has 0 rings (SSSR count). The quantitative estimate of drug-likeness (QED) is 0.363. The Hall–Kier alpha value is -0.610. The number of nitrogens with zero attached hydrogens (tertiary/aromatic N) is 1. The van der Waals surface area contributed by atoms with E-state index in [1.807, 2.05) is 6.92 Å². The molecule has 0 aromatic rings. The molecule has 0 aliphatic heterocycles. The molecule has 4 nitrogen and oxygen atoms in total. The molecular formula is C8H18N2O2. The van der Waals surface area contributed by atoms with Gasteiger partial charge in [-0.1, -0.05) is 13.3 Å². The summed E-state index contributed by atoms with van der Waals surface area (Å²) in [6.45, 7) is 5.16. The van der Waals surface area contributed by atoms with E-state index in [1.165, 1.54) is 5.01 Å². The maximum absolute atomic E-state index is 11.1. The molecular weight excluding hydrogens is 156 g/mol. The first-order valence-corrected chi connectivity index (χ1v) is 4.35. The first-order chi connectivity index (χ1) is 5.72. The smallest absolute Gasteiger partial charge is 0.262 e. The summed E-state index contributed by atoms with van der Waals surface area (Å²) in [6, 6.07) is 0. The predicted molar refractivity (Wildman–Crippen MR) is 47.3 cm³/mol. The highest BCUT2D eigenvalue weighted by molar-refractivity contribution is 5.76. The number of rotatable bonds is 6. The third kappa shape index (κ3) is 5.09. The van der Waals surface area contributed by atoms with Crippen molar-refractivity contribution in [2.45, 2.75) is 26.7 Å². The van der Waals surface area contributed by atoms with Crippen LogP contribution in [-0.2, 0) is 9.53 Å². The number of carbonyl (C=O) groups is 1. The Labute approximate surface area is 73.6 Å². The third-order valence-corrected chi connectivity index (χ3v) is 1.50. The largest absolute Gasteiger partial charge is 0.372 e. The summed E-state index contributed by atoms with van der Waals surface area (Å²) in [4.78, 5) is 11.1. The molecule has 0 aromatic heterocycles. The summed E-state index contributed by atoms with van der Waals surface area (Å²) in [5.74, 6) is 5.30. The average molecular weight is 174 g/mol. The van der Waals surface area contributed by atoms with E-state index < -0.39 is 0 Å². The van der Waals surface area contributed by atoms with Crippen LogP contribution in [0.15, 0.2) is 0 Å². The number of unbranched alkanes of at least 4 members (excludes halogenated alkanes) is 1. The lowest BCUT2D eigenvalue weighted by molar-refractivity contribution is -0.136. The van der Waals surface area contributed by atoms with E-state index in [1.54, 1.807) is 0 Å². The summed E-state index contributed by atoms with van der Waals surface area (Å²) in [5, 5.41) is 1.22. The van der Waals surface area contributed by atoms with Crippen molar-refractivity contribution in [3.8, 4) is 0 Å². The van der Waals surface area contributed by atoms with Gasteiger partial charge < -0.3 is 4.74 Å². The molecule has 0 fully saturated rings. The molecule has 12 heavy (non-hydrogen) atoms. The van der Waals surface area contributed by atoms with E-state index in [0.717, 1.165) is 12.8 Å². The Morgan fingerprint density at radius 1 is 1.50 bits per heavy atom. The van der Waals surface area contributed by atoms with Crippen LogP contribution in [0.5, 0.6) is 0 Å². The van der Waals surface area contributed by atoms with Crippen LogP contribution >= 0.6 is 0 Å². The van der Waals surface area contributed by atoms with E-state index in [2.05, 4.69) is 6.92 Å². The number of carbonyl (C=O) groups excluding carboxylic acids is 1. The van der Waals surface area contributed by atoms with Crippen molar-refractivity contribution in [3.05, 3.63) is 0 Å². The van der Waals surface area contributed by atoms with Crippen LogP contribution < -0.4 is 5.84 Å². The van der Waals surface area contributed by atoms with Crippen molar-refractivity contribution < 1.29 is 9.53 Å². The topological polar surface area (TPSA) is 55.6 Å². The zero-order valence-electron chi connectivity index (χ0n) is 7.88. The van der Waals surface area contributed by atoms with Crippen LogP contribution in [0.3, 0.4) is 0 Å². The molecule has 0 atom stereocenters. The van der Waals surface area contributed by atoms with Crippen molar-refractivity contribution >= 4 is 5.91 Å². The van der Waals surface area contributed by atoms with Crippen molar-refractivity contribution in [3.63, 3.8) is 0 Å². The molecule has 0 aromatic carbocycles. The molecule has 2 N–H and O–H groups in total. The SMILES string of the molecule is CCCCN(N)C(=O)COCC. The normalized spacial score (nSPS) is 9.92. The van der Waals surface area contributed by atoms with Gasteiger partial charge in [0.2, 0.25) is 0 Å². The Morgan fingerprint density at radius 2 is 2.17 bits per heavy atom. The number of ether oxygens (including phenoxy) is 1. The molecule has 0 aliphatic rings. The van der Waals surface area contributed by atoms with Crippen molar-refractivity contribution in [2.75, 3.05) is 19.8 Å². The molecule has 0 saturated carbocycles. The summed E-state index contributed by atoms with van der Waals surface area (Å²) >= 11 is 0. The summed E-state index contributed by atoms with van der Waals surface area (Å²) in [5.41, 5.74) is 0. The molecule has 0 bridgehead atoms. The number of hydrogen-bond acceptors (Lipinski definition) is 3. The number of hydrazine groups is 1. The maximum Gasteiger partial charge on any atom is 0.262 e. The van der Waals surface area contributed by atoms with Gasteiger partial charge in [-0.3, -0.25) is 9.80 Å². The van der Waals surface area contributed by atoms with Crippen LogP contribution in [-0.4, -0.2) is 30.7 Å². The molecule has 72 valence electrons. The van der Waals surface area contributed by atoms with Gasteiger partial charge in [0.05, 0.1) is 0 Å². The first kappa shape index (κ1) is 11.4. The Balaban J connectivity index is 3.47. The second-order valence-corrected chi connectivity index (χ2v) is 2.58. The van der Waals surface area contributed by atoms with E-state index in [-0.39, 0.29) is 12.5 Å². The second-order valence-electron chi connectivity index (χ2n) is 2.58. The van der Waals surface area contributed by atoms with E-state index in [0.29, 0.717) is 13.2 Å². The summed E-state index contributed by atoms with van der Waals surface area (Å²) < 4.78 is 4.93. The highest BCUT2D eigenvalue weighted by Gasteiger charge is 2.07. The standard InChI is InChI=1S/C8H18N2O2/c1-3-5-6-10(9)8(11)7-12-4-2/h3-7,9H2,1-2H3. The van der Waals surface area contributed by atoms with E-state index in [9.17, 15) is 4.79 Å². The van der Waals surface area contributed by atoms with Gasteiger partial charge in [-0.15, -0.1) is 0 Å². The predicted octanol–water partition coefficient (Wildman–Crippen LogP) is 0.525. The van der Waals surface area contributed by atoms with Crippen molar-refractivity contribution in [2.24, 2.45) is 5.84 Å². The zero-order valence-corrected chi connectivity index (χ0v) is 7.88. The van der Waals surface area contributed by atoms with Crippen LogP contribution in [0.1, 0.15) is 26.7 Å². The maximum atomic E-state index is 11.1. The summed E-state index contributed by atoms with van der Waals surface area (Å²) in [6.07, 6.45) is 1.98. The van der Waals surface area contributed by atoms with Crippen LogP contribution in [0.2, 0.25) is 0 Å². The lowest BCUT2D eigenvalue weighted by Gasteiger charge is -2.15. The Morgan fingerprint density at radius 3 is 2.67 bits per heavy atom. The molecule has 0 saturated heterocycles. The number of nitrogens with two attached hydrogens (primary N) is 1. The van der Waals surface area contributed by atoms with Gasteiger partial charge in [0.1, 0.15) is 6.61 Å². The van der Waals surface area contributed by atoms with Gasteiger partial charge in [-0.05, 0) is 13.3 Å². The highest BCUT2D eigenvalue weighted by Crippen LogP contribution is 1.90. The third-order valence-electron chi connectivity index (χ3n) is 1.50. The minimum atomic E-state index is -0.148. The molecule has 0 radical (unpaired) electrons. The summed E-state index contributed by atoms with van der Waals surface area (Å²) in [7, 11) is 0. The van der Waals surface area contributed by atoms with Crippen LogP contribution in [0, 0.1) is 0 Å². The first-order valence-electron chi connectivity index (χ1n) is 4.35. The van der Waals surface area contributed by atoms with Gasteiger partial charge in [0.15, 0.2) is 0 Å². The fourth-order valence-electron chi connectivity index (χ4n) is 0.725. The lowest BCUT2D eigenvalue weighted by atomic mass is 10.3. The molecule has 0 heterocycles.